The molecule has 1 saturated heterocycles. The van der Waals surface area contributed by atoms with Crippen molar-refractivity contribution in [2.45, 2.75) is 39.2 Å². The highest BCUT2D eigenvalue weighted by atomic mass is 16.5. The van der Waals surface area contributed by atoms with Gasteiger partial charge in [-0.1, -0.05) is 38.1 Å². The van der Waals surface area contributed by atoms with Crippen LogP contribution in [0.1, 0.15) is 38.7 Å². The van der Waals surface area contributed by atoms with E-state index in [-0.39, 0.29) is 11.9 Å². The fraction of sp³-hybridized carbons (Fsp3) is 0.458. The molecule has 0 radical (unpaired) electrons. The summed E-state index contributed by atoms with van der Waals surface area (Å²) in [6.45, 7) is 9.89. The molecule has 0 aliphatic carbocycles. The summed E-state index contributed by atoms with van der Waals surface area (Å²) >= 11 is 0. The molecule has 1 fully saturated rings. The van der Waals surface area contributed by atoms with Crippen LogP contribution in [0.5, 0.6) is 5.75 Å². The van der Waals surface area contributed by atoms with Gasteiger partial charge in [-0.25, -0.2) is 0 Å². The van der Waals surface area contributed by atoms with Crippen LogP contribution in [0.4, 0.5) is 11.4 Å². The summed E-state index contributed by atoms with van der Waals surface area (Å²) in [5.41, 5.74) is 3.32. The molecule has 1 aliphatic heterocycles. The first-order valence-electron chi connectivity index (χ1n) is 10.6. The van der Waals surface area contributed by atoms with Crippen molar-refractivity contribution < 1.29 is 9.53 Å². The summed E-state index contributed by atoms with van der Waals surface area (Å²) in [6, 6.07) is 16.1. The second-order valence-corrected chi connectivity index (χ2v) is 7.79. The number of rotatable bonds is 7. The van der Waals surface area contributed by atoms with Crippen molar-refractivity contribution in [1.82, 2.24) is 4.90 Å². The maximum atomic E-state index is 12.9. The summed E-state index contributed by atoms with van der Waals surface area (Å²) in [5, 5.41) is 3.17. The van der Waals surface area contributed by atoms with Crippen molar-refractivity contribution in [3.8, 4) is 5.75 Å². The SMILES string of the molecule is CC[C@H](C)c1ccccc1NC(=O)[C@@H](C)N1CCN(c2cccc(OC)c2)CC1. The molecule has 0 spiro atoms. The van der Waals surface area contributed by atoms with E-state index in [1.165, 1.54) is 11.3 Å². The Morgan fingerprint density at radius 3 is 2.48 bits per heavy atom. The normalized spacial score (nSPS) is 16.9. The molecule has 1 heterocycles. The molecular weight excluding hydrogens is 362 g/mol. The molecule has 0 unspecified atom stereocenters. The molecule has 0 aromatic heterocycles. The number of para-hydroxylation sites is 1. The lowest BCUT2D eigenvalue weighted by molar-refractivity contribution is -0.120. The molecule has 29 heavy (non-hydrogen) atoms. The summed E-state index contributed by atoms with van der Waals surface area (Å²) in [4.78, 5) is 17.5. The largest absolute Gasteiger partial charge is 0.497 e. The highest BCUT2D eigenvalue weighted by molar-refractivity contribution is 5.95. The molecule has 1 N–H and O–H groups in total. The van der Waals surface area contributed by atoms with Gasteiger partial charge in [-0.05, 0) is 43.0 Å². The number of benzene rings is 2. The van der Waals surface area contributed by atoms with E-state index >= 15 is 0 Å². The van der Waals surface area contributed by atoms with Gasteiger partial charge >= 0.3 is 0 Å². The average molecular weight is 396 g/mol. The minimum Gasteiger partial charge on any atom is -0.497 e. The first-order chi connectivity index (χ1) is 14.0. The third-order valence-corrected chi connectivity index (χ3v) is 6.02. The minimum absolute atomic E-state index is 0.0654. The highest BCUT2D eigenvalue weighted by Crippen LogP contribution is 2.27. The molecule has 3 rings (SSSR count). The molecule has 0 saturated carbocycles. The number of hydrogen-bond donors (Lipinski definition) is 1. The van der Waals surface area contributed by atoms with Crippen LogP contribution >= 0.6 is 0 Å². The summed E-state index contributed by atoms with van der Waals surface area (Å²) in [5.74, 6) is 1.36. The van der Waals surface area contributed by atoms with Crippen molar-refractivity contribution in [2.75, 3.05) is 43.5 Å². The number of nitrogens with one attached hydrogen (secondary N) is 1. The van der Waals surface area contributed by atoms with Gasteiger partial charge in [0.15, 0.2) is 0 Å². The number of carbonyl (C=O) groups is 1. The van der Waals surface area contributed by atoms with Crippen molar-refractivity contribution in [3.63, 3.8) is 0 Å². The van der Waals surface area contributed by atoms with Crippen molar-refractivity contribution in [2.24, 2.45) is 0 Å². The quantitative estimate of drug-likeness (QED) is 0.757. The first kappa shape index (κ1) is 21.2. The number of amides is 1. The average Bonchev–Trinajstić information content (AvgIpc) is 2.78. The molecule has 2 atom stereocenters. The molecule has 5 nitrogen and oxygen atoms in total. The highest BCUT2D eigenvalue weighted by Gasteiger charge is 2.26. The summed E-state index contributed by atoms with van der Waals surface area (Å²) < 4.78 is 5.34. The molecule has 1 amide bonds. The van der Waals surface area contributed by atoms with Crippen molar-refractivity contribution in [3.05, 3.63) is 54.1 Å². The lowest BCUT2D eigenvalue weighted by Gasteiger charge is -2.38. The maximum Gasteiger partial charge on any atom is 0.241 e. The number of methoxy groups -OCH3 is 1. The first-order valence-corrected chi connectivity index (χ1v) is 10.6. The Kier molecular flexibility index (Phi) is 7.15. The van der Waals surface area contributed by atoms with Gasteiger partial charge in [-0.2, -0.15) is 0 Å². The Bertz CT molecular complexity index is 815. The third kappa shape index (κ3) is 5.10. The molecule has 156 valence electrons. The number of hydrogen-bond acceptors (Lipinski definition) is 4. The topological polar surface area (TPSA) is 44.8 Å². The van der Waals surface area contributed by atoms with Gasteiger partial charge in [-0.15, -0.1) is 0 Å². The van der Waals surface area contributed by atoms with Crippen LogP contribution < -0.4 is 15.0 Å². The molecule has 2 aromatic rings. The standard InChI is InChI=1S/C24H33N3O2/c1-5-18(2)22-11-6-7-12-23(22)25-24(28)19(3)26-13-15-27(16-14-26)20-9-8-10-21(17-20)29-4/h6-12,17-19H,5,13-16H2,1-4H3,(H,25,28)/t18-,19+/m0/s1. The van der Waals surface area contributed by atoms with Gasteiger partial charge < -0.3 is 15.0 Å². The van der Waals surface area contributed by atoms with E-state index in [1.54, 1.807) is 7.11 Å². The lowest BCUT2D eigenvalue weighted by atomic mass is 9.97. The second-order valence-electron chi connectivity index (χ2n) is 7.79. The van der Waals surface area contributed by atoms with Crippen LogP contribution in [0.25, 0.3) is 0 Å². The smallest absolute Gasteiger partial charge is 0.241 e. The molecule has 1 aliphatic rings. The van der Waals surface area contributed by atoms with Crippen LogP contribution in [0.2, 0.25) is 0 Å². The van der Waals surface area contributed by atoms with Crippen LogP contribution in [0, 0.1) is 0 Å². The lowest BCUT2D eigenvalue weighted by Crippen LogP contribution is -2.52. The van der Waals surface area contributed by atoms with Crippen LogP contribution in [-0.4, -0.2) is 50.1 Å². The minimum atomic E-state index is -0.160. The zero-order chi connectivity index (χ0) is 20.8. The van der Waals surface area contributed by atoms with E-state index < -0.39 is 0 Å². The van der Waals surface area contributed by atoms with E-state index in [9.17, 15) is 4.79 Å². The Hall–Kier alpha value is -2.53. The number of carbonyl (C=O) groups excluding carboxylic acids is 1. The van der Waals surface area contributed by atoms with Crippen LogP contribution in [-0.2, 0) is 4.79 Å². The molecule has 2 aromatic carbocycles. The third-order valence-electron chi connectivity index (χ3n) is 6.02. The number of anilines is 2. The fourth-order valence-electron chi connectivity index (χ4n) is 3.84. The predicted molar refractivity (Wildman–Crippen MR) is 120 cm³/mol. The Morgan fingerprint density at radius 2 is 1.79 bits per heavy atom. The van der Waals surface area contributed by atoms with Gasteiger partial charge in [0.2, 0.25) is 5.91 Å². The van der Waals surface area contributed by atoms with Gasteiger partial charge in [0.05, 0.1) is 13.2 Å². The maximum absolute atomic E-state index is 12.9. The number of nitrogens with zero attached hydrogens (tertiary/aromatic N) is 2. The summed E-state index contributed by atoms with van der Waals surface area (Å²) in [6.07, 6.45) is 1.05. The van der Waals surface area contributed by atoms with Crippen LogP contribution in [0.3, 0.4) is 0 Å². The number of ether oxygens (including phenoxy) is 1. The Labute approximate surface area is 174 Å². The van der Waals surface area contributed by atoms with Gasteiger partial charge in [0, 0.05) is 43.6 Å². The zero-order valence-electron chi connectivity index (χ0n) is 18.0. The van der Waals surface area contributed by atoms with Gasteiger partial charge in [0.1, 0.15) is 5.75 Å². The number of piperazine rings is 1. The van der Waals surface area contributed by atoms with E-state index in [2.05, 4.69) is 47.2 Å². The van der Waals surface area contributed by atoms with E-state index in [0.717, 1.165) is 44.0 Å². The predicted octanol–water partition coefficient (Wildman–Crippen LogP) is 4.36. The van der Waals surface area contributed by atoms with Crippen LogP contribution in [0.15, 0.2) is 48.5 Å². The van der Waals surface area contributed by atoms with Gasteiger partial charge in [-0.3, -0.25) is 9.69 Å². The van der Waals surface area contributed by atoms with Gasteiger partial charge in [0.25, 0.3) is 0 Å². The molecule has 0 bridgehead atoms. The van der Waals surface area contributed by atoms with E-state index in [0.29, 0.717) is 5.92 Å². The van der Waals surface area contributed by atoms with E-state index in [1.807, 2.05) is 37.3 Å². The molecule has 5 heteroatoms. The Balaban J connectivity index is 1.59. The Morgan fingerprint density at radius 1 is 1.07 bits per heavy atom. The summed E-state index contributed by atoms with van der Waals surface area (Å²) in [7, 11) is 1.69. The van der Waals surface area contributed by atoms with Crippen molar-refractivity contribution >= 4 is 17.3 Å². The monoisotopic (exact) mass is 395 g/mol. The van der Waals surface area contributed by atoms with E-state index in [4.69, 9.17) is 4.74 Å². The van der Waals surface area contributed by atoms with Crippen molar-refractivity contribution in [1.29, 1.82) is 0 Å². The zero-order valence-corrected chi connectivity index (χ0v) is 18.0. The second kappa shape index (κ2) is 9.79. The molecular formula is C24H33N3O2. The fourth-order valence-corrected chi connectivity index (χ4v) is 3.84.